The maximum absolute atomic E-state index is 6.12. The molecule has 1 aliphatic rings. The second-order valence-electron chi connectivity index (χ2n) is 5.25. The Kier molecular flexibility index (Phi) is 5.21. The molecule has 1 N–H and O–H groups in total. The van der Waals surface area contributed by atoms with Gasteiger partial charge in [-0.1, -0.05) is 30.5 Å². The molecule has 0 aromatic carbocycles. The van der Waals surface area contributed by atoms with E-state index in [0.29, 0.717) is 6.04 Å². The van der Waals surface area contributed by atoms with E-state index in [4.69, 9.17) is 11.6 Å². The highest BCUT2D eigenvalue weighted by Gasteiger charge is 2.26. The minimum Gasteiger partial charge on any atom is -0.304 e. The molecule has 0 bridgehead atoms. The van der Waals surface area contributed by atoms with Crippen LogP contribution in [0.4, 0.5) is 0 Å². The molecule has 0 amide bonds. The van der Waals surface area contributed by atoms with Crippen LogP contribution in [0.3, 0.4) is 0 Å². The second kappa shape index (κ2) is 6.93. The lowest BCUT2D eigenvalue weighted by molar-refractivity contribution is 0.372. The lowest BCUT2D eigenvalue weighted by Gasteiger charge is -2.23. The van der Waals surface area contributed by atoms with Gasteiger partial charge < -0.3 is 5.32 Å². The smallest absolute Gasteiger partial charge is 0.107 e. The molecule has 2 heterocycles. The number of hydrogen-bond acceptors (Lipinski definition) is 3. The summed E-state index contributed by atoms with van der Waals surface area (Å²) in [6.07, 6.45) is 5.46. The zero-order chi connectivity index (χ0) is 13.9. The molecule has 2 aromatic heterocycles. The van der Waals surface area contributed by atoms with E-state index in [0.717, 1.165) is 21.3 Å². The summed E-state index contributed by atoms with van der Waals surface area (Å²) in [5, 5.41) is 5.94. The molecule has 5 heteroatoms. The Morgan fingerprint density at radius 2 is 2.20 bits per heavy atom. The van der Waals surface area contributed by atoms with Crippen LogP contribution < -0.4 is 5.32 Å². The Balaban J connectivity index is 1.70. The predicted molar refractivity (Wildman–Crippen MR) is 92.9 cm³/mol. The third kappa shape index (κ3) is 3.47. The van der Waals surface area contributed by atoms with Gasteiger partial charge in [0.25, 0.3) is 0 Å². The molecule has 3 rings (SSSR count). The molecular weight excluding hydrogens is 374 g/mol. The normalized spacial score (nSPS) is 17.7. The van der Waals surface area contributed by atoms with E-state index in [-0.39, 0.29) is 0 Å². The van der Waals surface area contributed by atoms with E-state index < -0.39 is 0 Å². The van der Waals surface area contributed by atoms with Crippen LogP contribution in [-0.2, 0) is 6.54 Å². The first-order valence-electron chi connectivity index (χ1n) is 6.94. The lowest BCUT2D eigenvalue weighted by Crippen LogP contribution is -2.25. The molecule has 1 aliphatic carbocycles. The van der Waals surface area contributed by atoms with E-state index in [1.807, 2.05) is 11.3 Å². The van der Waals surface area contributed by atoms with Gasteiger partial charge in [-0.2, -0.15) is 0 Å². The van der Waals surface area contributed by atoms with Gasteiger partial charge in [0, 0.05) is 26.8 Å². The van der Waals surface area contributed by atoms with Gasteiger partial charge in [-0.3, -0.25) is 0 Å². The highest BCUT2D eigenvalue weighted by Crippen LogP contribution is 2.38. The van der Waals surface area contributed by atoms with Gasteiger partial charge >= 0.3 is 0 Å². The molecular formula is C15H17BrClNS2. The summed E-state index contributed by atoms with van der Waals surface area (Å²) < 4.78 is 1.85. The first-order valence-corrected chi connectivity index (χ1v) is 9.81. The quantitative estimate of drug-likeness (QED) is 0.636. The van der Waals surface area contributed by atoms with Crippen LogP contribution in [-0.4, -0.2) is 0 Å². The number of hydrogen-bond donors (Lipinski definition) is 1. The first-order chi connectivity index (χ1) is 9.74. The van der Waals surface area contributed by atoms with E-state index in [9.17, 15) is 0 Å². The molecule has 1 saturated carbocycles. The van der Waals surface area contributed by atoms with Crippen LogP contribution in [0.25, 0.3) is 0 Å². The van der Waals surface area contributed by atoms with Crippen LogP contribution >= 0.6 is 50.2 Å². The third-order valence-corrected chi connectivity index (χ3v) is 7.34. The van der Waals surface area contributed by atoms with Crippen molar-refractivity contribution in [2.24, 2.45) is 5.92 Å². The second-order valence-corrected chi connectivity index (χ2v) is 8.83. The largest absolute Gasteiger partial charge is 0.304 e. The Bertz CT molecular complexity index is 527. The summed E-state index contributed by atoms with van der Waals surface area (Å²) in [5.74, 6) is 0.785. The van der Waals surface area contributed by atoms with Crippen molar-refractivity contribution in [3.8, 4) is 0 Å². The number of rotatable bonds is 5. The molecule has 0 spiro atoms. The van der Waals surface area contributed by atoms with Gasteiger partial charge in [-0.05, 0) is 52.2 Å². The molecule has 1 atom stereocenters. The van der Waals surface area contributed by atoms with Crippen LogP contribution in [0, 0.1) is 5.92 Å². The van der Waals surface area contributed by atoms with Gasteiger partial charge in [0.15, 0.2) is 0 Å². The predicted octanol–water partition coefficient (Wildman–Crippen LogP) is 6.25. The zero-order valence-corrected chi connectivity index (χ0v) is 15.0. The van der Waals surface area contributed by atoms with Crippen molar-refractivity contribution in [2.75, 3.05) is 0 Å². The molecule has 108 valence electrons. The van der Waals surface area contributed by atoms with Gasteiger partial charge in [0.05, 0.1) is 0 Å². The van der Waals surface area contributed by atoms with Gasteiger partial charge in [0.1, 0.15) is 4.34 Å². The SMILES string of the molecule is Clc1sc(CNC(c2cccs2)C2CCCC2)cc1Br. The van der Waals surface area contributed by atoms with E-state index in [2.05, 4.69) is 44.8 Å². The lowest BCUT2D eigenvalue weighted by atomic mass is 9.96. The molecule has 0 saturated heterocycles. The highest BCUT2D eigenvalue weighted by atomic mass is 79.9. The Labute approximate surface area is 141 Å². The molecule has 2 aromatic rings. The monoisotopic (exact) mass is 389 g/mol. The molecule has 1 unspecified atom stereocenters. The van der Waals surface area contributed by atoms with Crippen LogP contribution in [0.5, 0.6) is 0 Å². The molecule has 20 heavy (non-hydrogen) atoms. The Morgan fingerprint density at radius 1 is 1.40 bits per heavy atom. The van der Waals surface area contributed by atoms with E-state index >= 15 is 0 Å². The van der Waals surface area contributed by atoms with E-state index in [1.165, 1.54) is 35.4 Å². The summed E-state index contributed by atoms with van der Waals surface area (Å²) in [4.78, 5) is 2.76. The summed E-state index contributed by atoms with van der Waals surface area (Å²) in [7, 11) is 0. The summed E-state index contributed by atoms with van der Waals surface area (Å²) in [6.45, 7) is 0.898. The van der Waals surface area contributed by atoms with Crippen LogP contribution in [0.2, 0.25) is 4.34 Å². The maximum Gasteiger partial charge on any atom is 0.107 e. The minimum absolute atomic E-state index is 0.497. The summed E-state index contributed by atoms with van der Waals surface area (Å²) >= 11 is 13.1. The van der Waals surface area contributed by atoms with Crippen molar-refractivity contribution in [3.05, 3.63) is 42.1 Å². The Morgan fingerprint density at radius 3 is 2.80 bits per heavy atom. The average molecular weight is 391 g/mol. The fourth-order valence-electron chi connectivity index (χ4n) is 2.95. The van der Waals surface area contributed by atoms with Gasteiger partial charge in [-0.15, -0.1) is 22.7 Å². The summed E-state index contributed by atoms with van der Waals surface area (Å²) in [6, 6.07) is 7.04. The van der Waals surface area contributed by atoms with Crippen molar-refractivity contribution in [1.82, 2.24) is 5.32 Å². The van der Waals surface area contributed by atoms with Crippen molar-refractivity contribution >= 4 is 50.2 Å². The highest BCUT2D eigenvalue weighted by molar-refractivity contribution is 9.10. The van der Waals surface area contributed by atoms with Crippen molar-refractivity contribution in [3.63, 3.8) is 0 Å². The molecule has 1 fully saturated rings. The number of nitrogens with one attached hydrogen (secondary N) is 1. The van der Waals surface area contributed by atoms with Crippen LogP contribution in [0.1, 0.15) is 41.5 Å². The van der Waals surface area contributed by atoms with Gasteiger partial charge in [0.2, 0.25) is 0 Å². The Hall–Kier alpha value is 0.130. The fraction of sp³-hybridized carbons (Fsp3) is 0.467. The molecule has 0 radical (unpaired) electrons. The van der Waals surface area contributed by atoms with Crippen molar-refractivity contribution < 1.29 is 0 Å². The minimum atomic E-state index is 0.497. The zero-order valence-electron chi connectivity index (χ0n) is 11.1. The van der Waals surface area contributed by atoms with E-state index in [1.54, 1.807) is 11.3 Å². The molecule has 0 aliphatic heterocycles. The third-order valence-electron chi connectivity index (χ3n) is 3.91. The topological polar surface area (TPSA) is 12.0 Å². The molecule has 1 nitrogen and oxygen atoms in total. The number of thiophene rings is 2. The van der Waals surface area contributed by atoms with Crippen LogP contribution in [0.15, 0.2) is 28.1 Å². The summed E-state index contributed by atoms with van der Waals surface area (Å²) in [5.41, 5.74) is 0. The van der Waals surface area contributed by atoms with Gasteiger partial charge in [-0.25, -0.2) is 0 Å². The number of halogens is 2. The maximum atomic E-state index is 6.12. The standard InChI is InChI=1S/C15H17BrClNS2/c16-12-8-11(20-15(12)17)9-18-14(10-4-1-2-5-10)13-6-3-7-19-13/h3,6-8,10,14,18H,1-2,4-5,9H2. The average Bonchev–Trinajstić information content (AvgIpc) is 3.15. The van der Waals surface area contributed by atoms with Crippen molar-refractivity contribution in [2.45, 2.75) is 38.3 Å². The fourth-order valence-corrected chi connectivity index (χ4v) is 5.58. The van der Waals surface area contributed by atoms with Crippen molar-refractivity contribution in [1.29, 1.82) is 0 Å². The first kappa shape index (κ1) is 15.0.